The number of aliphatic hydroxyl groups is 2. The lowest BCUT2D eigenvalue weighted by molar-refractivity contribution is -0.908. The first kappa shape index (κ1) is 34.7. The Balaban J connectivity index is 0.00000384. The third kappa shape index (κ3) is 4.98. The molecule has 1 aliphatic heterocycles. The fourth-order valence-corrected chi connectivity index (χ4v) is 13.6. The largest absolute Gasteiger partial charge is 1.00 e. The zero-order valence-corrected chi connectivity index (χ0v) is 29.9. The van der Waals surface area contributed by atoms with E-state index in [1.54, 1.807) is 0 Å². The summed E-state index contributed by atoms with van der Waals surface area (Å²) < 4.78 is 7.11. The third-order valence-corrected chi connectivity index (χ3v) is 16.3. The number of hydrogen-bond donors (Lipinski definition) is 2. The molecule has 5 nitrogen and oxygen atoms in total. The summed E-state index contributed by atoms with van der Waals surface area (Å²) in [4.78, 5) is 13.4. The van der Waals surface area contributed by atoms with Gasteiger partial charge in [0.2, 0.25) is 0 Å². The number of carbonyl (C=O) groups excluding carboxylic acids is 1. The van der Waals surface area contributed by atoms with Crippen LogP contribution in [-0.4, -0.2) is 66.2 Å². The van der Waals surface area contributed by atoms with E-state index >= 15 is 0 Å². The Morgan fingerprint density at radius 2 is 1.55 bits per heavy atom. The number of fused-ring (bicyclic) bond motifs is 7. The molecule has 0 amide bonds. The molecule has 0 aromatic heterocycles. The van der Waals surface area contributed by atoms with E-state index in [2.05, 4.69) is 55.2 Å². The topological polar surface area (TPSA) is 66.8 Å². The van der Waals surface area contributed by atoms with Crippen LogP contribution in [0, 0.1) is 56.7 Å². The van der Waals surface area contributed by atoms with Gasteiger partial charge in [0.1, 0.15) is 6.10 Å². The molecular formula is C38H64ClNO4. The summed E-state index contributed by atoms with van der Waals surface area (Å²) in [6, 6.07) is 0. The van der Waals surface area contributed by atoms with Crippen molar-refractivity contribution < 1.29 is 36.6 Å². The minimum atomic E-state index is -0.219. The van der Waals surface area contributed by atoms with E-state index in [0.717, 1.165) is 38.8 Å². The van der Waals surface area contributed by atoms with Crippen LogP contribution in [-0.2, 0) is 9.53 Å². The van der Waals surface area contributed by atoms with E-state index in [9.17, 15) is 15.0 Å². The Hall–Kier alpha value is -0.620. The number of aliphatic hydroxyl groups excluding tert-OH is 2. The van der Waals surface area contributed by atoms with Crippen molar-refractivity contribution in [3.63, 3.8) is 0 Å². The van der Waals surface area contributed by atoms with E-state index in [1.165, 1.54) is 56.9 Å². The maximum Gasteiger partial charge on any atom is 0.362 e. The second-order valence-electron chi connectivity index (χ2n) is 18.5. The average molecular weight is 634 g/mol. The Morgan fingerprint density at radius 1 is 0.864 bits per heavy atom. The highest BCUT2D eigenvalue weighted by molar-refractivity contribution is 5.71. The summed E-state index contributed by atoms with van der Waals surface area (Å²) in [5, 5.41) is 20.8. The second-order valence-corrected chi connectivity index (χ2v) is 18.5. The van der Waals surface area contributed by atoms with Crippen molar-refractivity contribution in [3.05, 3.63) is 12.2 Å². The van der Waals surface area contributed by atoms with E-state index < -0.39 is 0 Å². The van der Waals surface area contributed by atoms with Crippen LogP contribution in [0.1, 0.15) is 119 Å². The molecule has 1 saturated heterocycles. The van der Waals surface area contributed by atoms with Crippen LogP contribution in [0.3, 0.4) is 0 Å². The monoisotopic (exact) mass is 633 g/mol. The number of ether oxygens (including phenoxy) is 1. The molecule has 6 rings (SSSR count). The fraction of sp³-hybridized carbons (Fsp3) is 0.921. The number of hydrogen-bond acceptors (Lipinski definition) is 4. The van der Waals surface area contributed by atoms with Crippen molar-refractivity contribution in [2.45, 2.75) is 131 Å². The van der Waals surface area contributed by atoms with E-state index in [4.69, 9.17) is 4.74 Å². The van der Waals surface area contributed by atoms with E-state index in [1.807, 2.05) is 0 Å². The molecule has 0 aromatic rings. The number of allylic oxidation sites excluding steroid dienone is 1. The Bertz CT molecular complexity index is 1120. The van der Waals surface area contributed by atoms with Crippen molar-refractivity contribution in [2.75, 3.05) is 33.3 Å². The third-order valence-electron chi connectivity index (χ3n) is 16.3. The highest BCUT2D eigenvalue weighted by Gasteiger charge is 2.71. The number of piperidine rings is 1. The zero-order chi connectivity index (χ0) is 31.2. The van der Waals surface area contributed by atoms with Crippen LogP contribution < -0.4 is 12.4 Å². The molecule has 5 saturated carbocycles. The maximum atomic E-state index is 13.4. The SMILES string of the molecule is C=C(C)[C@@H]1CC[C@]2(CO)CC[C@]3(C)C(CCC4[C@@]5(C)CCC(OC(=O)C[N+]6(C)CCC(O)CC6)C(C)(C)C5CC[C@]43C)C12.[Cl-]. The molecular weight excluding hydrogens is 570 g/mol. The van der Waals surface area contributed by atoms with Crippen molar-refractivity contribution in [2.24, 2.45) is 56.7 Å². The first-order valence-electron chi connectivity index (χ1n) is 18.0. The van der Waals surface area contributed by atoms with Crippen LogP contribution in [0.2, 0.25) is 0 Å². The number of nitrogens with zero attached hydrogens (tertiary/aromatic N) is 1. The average Bonchev–Trinajstić information content (AvgIpc) is 3.33. The highest BCUT2D eigenvalue weighted by atomic mass is 35.5. The first-order chi connectivity index (χ1) is 20.1. The summed E-state index contributed by atoms with van der Waals surface area (Å²) in [5.74, 6) is 3.00. The number of quaternary nitrogens is 1. The summed E-state index contributed by atoms with van der Waals surface area (Å²) in [6.45, 7) is 22.0. The molecule has 10 atom stereocenters. The van der Waals surface area contributed by atoms with Gasteiger partial charge in [0.25, 0.3) is 0 Å². The van der Waals surface area contributed by atoms with Gasteiger partial charge in [0.05, 0.1) is 26.2 Å². The van der Waals surface area contributed by atoms with Gasteiger partial charge in [0.15, 0.2) is 6.54 Å². The minimum Gasteiger partial charge on any atom is -1.00 e. The maximum absolute atomic E-state index is 13.4. The fourth-order valence-electron chi connectivity index (χ4n) is 13.6. The van der Waals surface area contributed by atoms with Crippen molar-refractivity contribution in [1.82, 2.24) is 0 Å². The molecule has 44 heavy (non-hydrogen) atoms. The molecule has 6 aliphatic rings. The van der Waals surface area contributed by atoms with E-state index in [0.29, 0.717) is 58.1 Å². The van der Waals surface area contributed by atoms with Crippen LogP contribution >= 0.6 is 0 Å². The van der Waals surface area contributed by atoms with Gasteiger partial charge in [-0.05, 0) is 122 Å². The van der Waals surface area contributed by atoms with Gasteiger partial charge in [-0.3, -0.25) is 0 Å². The van der Waals surface area contributed by atoms with Gasteiger partial charge in [-0.25, -0.2) is 4.79 Å². The molecule has 1 heterocycles. The normalized spacial score (nSPS) is 51.1. The smallest absolute Gasteiger partial charge is 0.362 e. The van der Waals surface area contributed by atoms with Crippen LogP contribution in [0.25, 0.3) is 0 Å². The lowest BCUT2D eigenvalue weighted by Crippen LogP contribution is -3.00. The molecule has 5 unspecified atom stereocenters. The van der Waals surface area contributed by atoms with Crippen molar-refractivity contribution >= 4 is 5.97 Å². The quantitative estimate of drug-likeness (QED) is 0.271. The minimum absolute atomic E-state index is 0. The van der Waals surface area contributed by atoms with Gasteiger partial charge in [-0.2, -0.15) is 0 Å². The Kier molecular flexibility index (Phi) is 9.08. The number of halogens is 1. The predicted molar refractivity (Wildman–Crippen MR) is 172 cm³/mol. The predicted octanol–water partition coefficient (Wildman–Crippen LogP) is 4.15. The van der Waals surface area contributed by atoms with Crippen LogP contribution in [0.15, 0.2) is 12.2 Å². The molecule has 6 heteroatoms. The summed E-state index contributed by atoms with van der Waals surface area (Å²) >= 11 is 0. The summed E-state index contributed by atoms with van der Waals surface area (Å²) in [6.07, 6.45) is 13.3. The van der Waals surface area contributed by atoms with Crippen molar-refractivity contribution in [1.29, 1.82) is 0 Å². The molecule has 6 fully saturated rings. The number of likely N-dealkylation sites (tertiary alicyclic amines) is 1. The second kappa shape index (κ2) is 11.5. The first-order valence-corrected chi connectivity index (χ1v) is 18.0. The number of likely N-dealkylation sites (N-methyl/N-ethyl adjacent to an activating group) is 1. The standard InChI is InChI=1S/C38H64NO4.ClH/c1-25(2)27-11-18-38(24-40)20-19-36(6)28(33(27)38)9-10-30-35(5)16-13-31(34(3,4)29(35)12-17-37(30,36)7)43-32(42)23-39(8)21-14-26(41)15-22-39;/h26-31,33,40-41H,1,9-24H2,2-8H3;1H/q+1;/p-1/t26?,27-,28?,29?,30?,31?,33?,35-,36+,37+,38+,39?;/m0./s1. The van der Waals surface area contributed by atoms with Gasteiger partial charge >= 0.3 is 5.97 Å². The molecule has 5 aliphatic carbocycles. The Labute approximate surface area is 275 Å². The molecule has 0 radical (unpaired) electrons. The van der Waals surface area contributed by atoms with E-state index in [-0.39, 0.29) is 46.8 Å². The number of esters is 1. The molecule has 0 bridgehead atoms. The summed E-state index contributed by atoms with van der Waals surface area (Å²) in [5.41, 5.74) is 2.24. The van der Waals surface area contributed by atoms with Gasteiger partial charge in [-0.15, -0.1) is 0 Å². The van der Waals surface area contributed by atoms with Gasteiger partial charge in [-0.1, -0.05) is 46.8 Å². The molecule has 0 aromatic carbocycles. The summed E-state index contributed by atoms with van der Waals surface area (Å²) in [7, 11) is 2.15. The number of carbonyl (C=O) groups is 1. The Morgan fingerprint density at radius 3 is 2.18 bits per heavy atom. The molecule has 0 spiro atoms. The highest BCUT2D eigenvalue weighted by Crippen LogP contribution is 2.77. The van der Waals surface area contributed by atoms with Crippen LogP contribution in [0.5, 0.6) is 0 Å². The van der Waals surface area contributed by atoms with Crippen LogP contribution in [0.4, 0.5) is 0 Å². The number of rotatable bonds is 5. The molecule has 2 N–H and O–H groups in total. The lowest BCUT2D eigenvalue weighted by Gasteiger charge is -2.73. The molecule has 252 valence electrons. The van der Waals surface area contributed by atoms with Gasteiger partial charge < -0.3 is 31.8 Å². The lowest BCUT2D eigenvalue weighted by atomic mass is 9.32. The zero-order valence-electron chi connectivity index (χ0n) is 29.1. The van der Waals surface area contributed by atoms with Gasteiger partial charge in [0, 0.05) is 24.9 Å². The van der Waals surface area contributed by atoms with Crippen molar-refractivity contribution in [3.8, 4) is 0 Å².